The van der Waals surface area contributed by atoms with Gasteiger partial charge in [0.25, 0.3) is 11.8 Å². The van der Waals surface area contributed by atoms with E-state index in [4.69, 9.17) is 4.74 Å². The smallest absolute Gasteiger partial charge is 0.420 e. The Morgan fingerprint density at radius 1 is 1.08 bits per heavy atom. The van der Waals surface area contributed by atoms with E-state index in [1.54, 1.807) is 63.4 Å². The predicted octanol–water partition coefficient (Wildman–Crippen LogP) is 6.75. The van der Waals surface area contributed by atoms with E-state index < -0.39 is 11.7 Å². The summed E-state index contributed by atoms with van der Waals surface area (Å²) in [5, 5.41) is 7.27. The molecule has 0 atom stereocenters. The maximum absolute atomic E-state index is 13.6. The van der Waals surface area contributed by atoms with Crippen LogP contribution < -0.4 is 15.2 Å². The molecule has 2 amide bonds. The molecule has 0 aliphatic carbocycles. The second-order valence-corrected chi connectivity index (χ2v) is 10.2. The van der Waals surface area contributed by atoms with Crippen LogP contribution >= 0.6 is 0 Å². The minimum Gasteiger partial charge on any atom is -0.443 e. The number of anilines is 3. The molecule has 4 aromatic rings. The van der Waals surface area contributed by atoms with Gasteiger partial charge in [0.05, 0.1) is 11.9 Å². The molecule has 0 unspecified atom stereocenters. The quantitative estimate of drug-likeness (QED) is 0.303. The minimum absolute atomic E-state index is 0.0259. The number of nitrogens with zero attached hydrogens (tertiary/aromatic N) is 4. The third-order valence-electron chi connectivity index (χ3n) is 5.64. The lowest BCUT2D eigenvalue weighted by Gasteiger charge is -2.28. The van der Waals surface area contributed by atoms with E-state index in [1.165, 1.54) is 15.5 Å². The molecule has 0 saturated heterocycles. The maximum Gasteiger partial charge on any atom is 0.420 e. The molecule has 0 bridgehead atoms. The zero-order chi connectivity index (χ0) is 27.6. The van der Waals surface area contributed by atoms with Gasteiger partial charge in [-0.25, -0.2) is 9.69 Å². The number of halogens is 1. The summed E-state index contributed by atoms with van der Waals surface area (Å²) < 4.78 is 20.6. The Morgan fingerprint density at radius 2 is 1.79 bits per heavy atom. The van der Waals surface area contributed by atoms with Crippen LogP contribution in [0.2, 0.25) is 0 Å². The maximum atomic E-state index is 13.6. The summed E-state index contributed by atoms with van der Waals surface area (Å²) in [6.07, 6.45) is 0.878. The molecule has 0 aliphatic rings. The van der Waals surface area contributed by atoms with Crippen molar-refractivity contribution < 1.29 is 23.8 Å². The standard InChI is InChI=1S/C28H30FN5O4/c1-17(2)22-16-30-34-24(15-23(38-29)32-25(22)34)33(27(36)37-28(4,5)6)21-9-7-8-20(14-21)31-26(35)19-12-10-18(3)11-13-19/h7-17H,1-6H3,(H,31,35). The van der Waals surface area contributed by atoms with Gasteiger partial charge in [-0.2, -0.15) is 14.6 Å². The topological polar surface area (TPSA) is 98.1 Å². The summed E-state index contributed by atoms with van der Waals surface area (Å²) in [6, 6.07) is 15.1. The van der Waals surface area contributed by atoms with Gasteiger partial charge in [0.15, 0.2) is 11.5 Å². The number of carbonyl (C=O) groups excluding carboxylic acids is 2. The van der Waals surface area contributed by atoms with Crippen molar-refractivity contribution in [3.05, 3.63) is 77.5 Å². The highest BCUT2D eigenvalue weighted by Crippen LogP contribution is 2.34. The van der Waals surface area contributed by atoms with Gasteiger partial charge >= 0.3 is 6.09 Å². The number of amides is 2. The number of carbonyl (C=O) groups is 2. The van der Waals surface area contributed by atoms with Crippen LogP contribution in [0.25, 0.3) is 5.65 Å². The van der Waals surface area contributed by atoms with E-state index in [2.05, 4.69) is 20.3 Å². The fraction of sp³-hybridized carbons (Fsp3) is 0.286. The summed E-state index contributed by atoms with van der Waals surface area (Å²) in [4.78, 5) is 35.8. The van der Waals surface area contributed by atoms with Crippen molar-refractivity contribution in [3.63, 3.8) is 0 Å². The van der Waals surface area contributed by atoms with Gasteiger partial charge in [-0.05, 0) is 63.9 Å². The van der Waals surface area contributed by atoms with Crippen molar-refractivity contribution in [2.24, 2.45) is 0 Å². The molecule has 2 heterocycles. The Kier molecular flexibility index (Phi) is 7.34. The first-order valence-corrected chi connectivity index (χ1v) is 12.2. The van der Waals surface area contributed by atoms with E-state index >= 15 is 0 Å². The van der Waals surface area contributed by atoms with Crippen LogP contribution in [0.3, 0.4) is 0 Å². The molecule has 198 valence electrons. The van der Waals surface area contributed by atoms with Crippen molar-refractivity contribution in [3.8, 4) is 5.88 Å². The first kappa shape index (κ1) is 26.6. The Hall–Kier alpha value is -4.47. The third-order valence-corrected chi connectivity index (χ3v) is 5.64. The lowest BCUT2D eigenvalue weighted by atomic mass is 10.1. The van der Waals surface area contributed by atoms with Gasteiger partial charge < -0.3 is 10.1 Å². The number of hydrogen-bond acceptors (Lipinski definition) is 6. The molecule has 1 N–H and O–H groups in total. The number of nitrogens with one attached hydrogen (secondary N) is 1. The fourth-order valence-electron chi connectivity index (χ4n) is 3.82. The molecule has 4 rings (SSSR count). The third kappa shape index (κ3) is 5.74. The lowest BCUT2D eigenvalue weighted by Crippen LogP contribution is -2.35. The highest BCUT2D eigenvalue weighted by molar-refractivity contribution is 6.05. The Bertz CT molecular complexity index is 1480. The molecule has 0 aliphatic heterocycles. The van der Waals surface area contributed by atoms with Crippen LogP contribution in [0.15, 0.2) is 60.8 Å². The molecule has 0 fully saturated rings. The van der Waals surface area contributed by atoms with Crippen LogP contribution in [-0.4, -0.2) is 32.2 Å². The van der Waals surface area contributed by atoms with Gasteiger partial charge in [0, 0.05) is 27.4 Å². The van der Waals surface area contributed by atoms with E-state index in [0.717, 1.165) is 11.1 Å². The summed E-state index contributed by atoms with van der Waals surface area (Å²) in [5.74, 6) is -0.477. The second kappa shape index (κ2) is 10.5. The monoisotopic (exact) mass is 519 g/mol. The van der Waals surface area contributed by atoms with E-state index in [9.17, 15) is 14.1 Å². The normalized spacial score (nSPS) is 11.5. The Labute approximate surface area is 220 Å². The molecule has 0 spiro atoms. The van der Waals surface area contributed by atoms with Gasteiger partial charge in [-0.15, -0.1) is 0 Å². The van der Waals surface area contributed by atoms with E-state index in [0.29, 0.717) is 22.6 Å². The number of ether oxygens (including phenoxy) is 1. The molecule has 0 saturated carbocycles. The molecule has 2 aromatic heterocycles. The van der Waals surface area contributed by atoms with E-state index in [-0.39, 0.29) is 23.5 Å². The first-order valence-electron chi connectivity index (χ1n) is 12.2. The zero-order valence-electron chi connectivity index (χ0n) is 22.2. The van der Waals surface area contributed by atoms with Crippen LogP contribution in [0.5, 0.6) is 5.88 Å². The second-order valence-electron chi connectivity index (χ2n) is 10.2. The van der Waals surface area contributed by atoms with Crippen LogP contribution in [0.4, 0.5) is 26.5 Å². The summed E-state index contributed by atoms with van der Waals surface area (Å²) in [6.45, 7) is 11.1. The van der Waals surface area contributed by atoms with Gasteiger partial charge in [-0.1, -0.05) is 37.6 Å². The number of fused-ring (bicyclic) bond motifs is 1. The number of aromatic nitrogens is 3. The predicted molar refractivity (Wildman–Crippen MR) is 143 cm³/mol. The van der Waals surface area contributed by atoms with Gasteiger partial charge in [-0.3, -0.25) is 9.74 Å². The van der Waals surface area contributed by atoms with Crippen molar-refractivity contribution in [2.45, 2.75) is 53.1 Å². The molecule has 2 aromatic carbocycles. The lowest BCUT2D eigenvalue weighted by molar-refractivity contribution is -0.0116. The van der Waals surface area contributed by atoms with Gasteiger partial charge in [0.2, 0.25) is 0 Å². The summed E-state index contributed by atoms with van der Waals surface area (Å²) >= 11 is 0. The number of aryl methyl sites for hydroxylation is 1. The molecule has 10 heteroatoms. The zero-order valence-corrected chi connectivity index (χ0v) is 22.2. The van der Waals surface area contributed by atoms with Crippen molar-refractivity contribution in [2.75, 3.05) is 10.2 Å². The largest absolute Gasteiger partial charge is 0.443 e. The highest BCUT2D eigenvalue weighted by atomic mass is 19.3. The first-order chi connectivity index (χ1) is 18.0. The van der Waals surface area contributed by atoms with Crippen LogP contribution in [0.1, 0.15) is 62.0 Å². The average Bonchev–Trinajstić information content (AvgIpc) is 3.28. The number of hydrogen-bond donors (Lipinski definition) is 1. The molecule has 38 heavy (non-hydrogen) atoms. The molecule has 0 radical (unpaired) electrons. The van der Waals surface area contributed by atoms with Crippen LogP contribution in [-0.2, 0) is 4.74 Å². The minimum atomic E-state index is -0.828. The fourth-order valence-corrected chi connectivity index (χ4v) is 3.82. The van der Waals surface area contributed by atoms with Crippen LogP contribution in [0, 0.1) is 6.92 Å². The highest BCUT2D eigenvalue weighted by Gasteiger charge is 2.29. The van der Waals surface area contributed by atoms with Gasteiger partial charge in [0.1, 0.15) is 5.60 Å². The van der Waals surface area contributed by atoms with Crippen molar-refractivity contribution in [1.82, 2.24) is 14.6 Å². The SMILES string of the molecule is Cc1ccc(C(=O)Nc2cccc(N(C(=O)OC(C)(C)C)c3cc(OF)nc4c(C(C)C)cnn34)c2)cc1. The van der Waals surface area contributed by atoms with E-state index in [1.807, 2.05) is 32.9 Å². The Balaban J connectivity index is 1.82. The molecular formula is C28H30FN5O4. The number of benzene rings is 2. The average molecular weight is 520 g/mol. The van der Waals surface area contributed by atoms with Crippen molar-refractivity contribution in [1.29, 1.82) is 0 Å². The van der Waals surface area contributed by atoms with Crippen molar-refractivity contribution >= 4 is 34.8 Å². The number of rotatable bonds is 6. The Morgan fingerprint density at radius 3 is 2.42 bits per heavy atom. The molecule has 9 nitrogen and oxygen atoms in total. The molecular weight excluding hydrogens is 489 g/mol. The summed E-state index contributed by atoms with van der Waals surface area (Å²) in [5.41, 5.74) is 2.57. The summed E-state index contributed by atoms with van der Waals surface area (Å²) in [7, 11) is 0.